The number of methoxy groups -OCH3 is 1. The zero-order valence-electron chi connectivity index (χ0n) is 9.60. The van der Waals surface area contributed by atoms with Gasteiger partial charge < -0.3 is 20.3 Å². The van der Waals surface area contributed by atoms with Crippen LogP contribution in [0, 0.1) is 6.92 Å². The molecule has 0 aliphatic carbocycles. The lowest BCUT2D eigenvalue weighted by Gasteiger charge is -2.09. The first kappa shape index (κ1) is 12.9. The molecule has 0 aliphatic rings. The minimum Gasteiger partial charge on any atom is -0.497 e. The zero-order valence-corrected chi connectivity index (χ0v) is 9.60. The summed E-state index contributed by atoms with van der Waals surface area (Å²) in [5.41, 5.74) is 1.74. The minimum absolute atomic E-state index is 0.239. The highest BCUT2D eigenvalue weighted by Gasteiger charge is 2.03. The van der Waals surface area contributed by atoms with Crippen LogP contribution >= 0.6 is 0 Å². The summed E-state index contributed by atoms with van der Waals surface area (Å²) in [5, 5.41) is 20.8. The summed E-state index contributed by atoms with van der Waals surface area (Å²) in [7, 11) is 1.61. The van der Waals surface area contributed by atoms with Gasteiger partial charge in [0, 0.05) is 30.9 Å². The van der Waals surface area contributed by atoms with Gasteiger partial charge in [-0.3, -0.25) is 4.98 Å². The van der Waals surface area contributed by atoms with E-state index in [9.17, 15) is 0 Å². The third kappa shape index (κ3) is 4.14. The summed E-state index contributed by atoms with van der Waals surface area (Å²) in [4.78, 5) is 4.32. The van der Waals surface area contributed by atoms with Gasteiger partial charge >= 0.3 is 0 Å². The maximum Gasteiger partial charge on any atom is 0.122 e. The van der Waals surface area contributed by atoms with Crippen molar-refractivity contribution < 1.29 is 14.9 Å². The lowest BCUT2D eigenvalue weighted by molar-refractivity contribution is 0.0941. The Morgan fingerprint density at radius 2 is 2.25 bits per heavy atom. The number of nitrogens with one attached hydrogen (secondary N) is 1. The molecule has 1 heterocycles. The van der Waals surface area contributed by atoms with E-state index in [2.05, 4.69) is 10.3 Å². The van der Waals surface area contributed by atoms with Crippen LogP contribution in [0.3, 0.4) is 0 Å². The number of aliphatic hydroxyl groups excluding tert-OH is 2. The molecule has 0 saturated heterocycles. The van der Waals surface area contributed by atoms with Crippen LogP contribution in [0.15, 0.2) is 12.1 Å². The maximum absolute atomic E-state index is 9.13. The van der Waals surface area contributed by atoms with Crippen molar-refractivity contribution in [3.8, 4) is 5.75 Å². The molecule has 5 heteroatoms. The first-order chi connectivity index (χ1) is 7.65. The Balaban J connectivity index is 2.50. The van der Waals surface area contributed by atoms with E-state index in [1.165, 1.54) is 0 Å². The Kier molecular flexibility index (Phi) is 5.18. The Bertz CT molecular complexity index is 331. The van der Waals surface area contributed by atoms with Crippen LogP contribution < -0.4 is 10.1 Å². The van der Waals surface area contributed by atoms with Gasteiger partial charge in [-0.1, -0.05) is 0 Å². The summed E-state index contributed by atoms with van der Waals surface area (Å²) in [5.74, 6) is 0.770. The standard InChI is InChI=1S/C11H18N2O3/c1-8-3-11(16-2)4-9(13-8)5-12-6-10(15)7-14/h3-4,10,12,14-15H,5-7H2,1-2H3. The highest BCUT2D eigenvalue weighted by atomic mass is 16.5. The molecule has 0 aliphatic heterocycles. The molecular formula is C11H18N2O3. The number of aryl methyl sites for hydroxylation is 1. The first-order valence-electron chi connectivity index (χ1n) is 5.17. The van der Waals surface area contributed by atoms with E-state index in [4.69, 9.17) is 14.9 Å². The van der Waals surface area contributed by atoms with Crippen molar-refractivity contribution in [1.29, 1.82) is 0 Å². The van der Waals surface area contributed by atoms with Crippen LogP contribution in [-0.2, 0) is 6.54 Å². The largest absolute Gasteiger partial charge is 0.497 e. The molecule has 0 radical (unpaired) electrons. The average molecular weight is 226 g/mol. The van der Waals surface area contributed by atoms with Crippen LogP contribution in [0.25, 0.3) is 0 Å². The van der Waals surface area contributed by atoms with E-state index in [1.54, 1.807) is 7.11 Å². The average Bonchev–Trinajstić information content (AvgIpc) is 2.28. The number of nitrogens with zero attached hydrogens (tertiary/aromatic N) is 1. The summed E-state index contributed by atoms with van der Waals surface area (Å²) >= 11 is 0. The molecular weight excluding hydrogens is 208 g/mol. The number of ether oxygens (including phenoxy) is 1. The smallest absolute Gasteiger partial charge is 0.122 e. The van der Waals surface area contributed by atoms with Gasteiger partial charge in [-0.25, -0.2) is 0 Å². The van der Waals surface area contributed by atoms with Gasteiger partial charge in [0.05, 0.1) is 25.5 Å². The predicted octanol–water partition coefficient (Wildman–Crippen LogP) is -0.159. The van der Waals surface area contributed by atoms with Crippen LogP contribution in [0.2, 0.25) is 0 Å². The molecule has 0 amide bonds. The maximum atomic E-state index is 9.13. The molecule has 1 unspecified atom stereocenters. The fraction of sp³-hybridized carbons (Fsp3) is 0.545. The first-order valence-corrected chi connectivity index (χ1v) is 5.17. The van der Waals surface area contributed by atoms with Crippen molar-refractivity contribution in [3.05, 3.63) is 23.5 Å². The van der Waals surface area contributed by atoms with Gasteiger partial charge in [0.15, 0.2) is 0 Å². The second-order valence-corrected chi connectivity index (χ2v) is 3.61. The molecule has 5 nitrogen and oxygen atoms in total. The Labute approximate surface area is 95.1 Å². The van der Waals surface area contributed by atoms with E-state index in [-0.39, 0.29) is 6.61 Å². The number of hydrogen-bond acceptors (Lipinski definition) is 5. The lowest BCUT2D eigenvalue weighted by atomic mass is 10.3. The molecule has 1 aromatic rings. The molecule has 1 aromatic heterocycles. The van der Waals surface area contributed by atoms with Gasteiger partial charge in [-0.2, -0.15) is 0 Å². The quantitative estimate of drug-likeness (QED) is 0.628. The molecule has 3 N–H and O–H groups in total. The number of hydrogen-bond donors (Lipinski definition) is 3. The fourth-order valence-corrected chi connectivity index (χ4v) is 1.34. The van der Waals surface area contributed by atoms with Crippen molar-refractivity contribution in [3.63, 3.8) is 0 Å². The van der Waals surface area contributed by atoms with E-state index < -0.39 is 6.10 Å². The second kappa shape index (κ2) is 6.42. The van der Waals surface area contributed by atoms with Gasteiger partial charge in [0.2, 0.25) is 0 Å². The third-order valence-electron chi connectivity index (χ3n) is 2.11. The summed E-state index contributed by atoms with van der Waals surface area (Å²) in [6, 6.07) is 3.69. The van der Waals surface area contributed by atoms with E-state index in [0.717, 1.165) is 17.1 Å². The Morgan fingerprint density at radius 1 is 1.50 bits per heavy atom. The Morgan fingerprint density at radius 3 is 2.88 bits per heavy atom. The van der Waals surface area contributed by atoms with E-state index in [1.807, 2.05) is 19.1 Å². The van der Waals surface area contributed by atoms with Crippen molar-refractivity contribution in [2.45, 2.75) is 19.6 Å². The van der Waals surface area contributed by atoms with Crippen LogP contribution in [-0.4, -0.2) is 41.6 Å². The molecule has 0 aromatic carbocycles. The molecule has 16 heavy (non-hydrogen) atoms. The molecule has 90 valence electrons. The zero-order chi connectivity index (χ0) is 12.0. The highest BCUT2D eigenvalue weighted by Crippen LogP contribution is 2.12. The SMILES string of the molecule is COc1cc(C)nc(CNCC(O)CO)c1. The van der Waals surface area contributed by atoms with Gasteiger partial charge in [0.25, 0.3) is 0 Å². The summed E-state index contributed by atoms with van der Waals surface area (Å²) in [6.45, 7) is 2.54. The molecule has 0 bridgehead atoms. The monoisotopic (exact) mass is 226 g/mol. The molecule has 0 spiro atoms. The summed E-state index contributed by atoms with van der Waals surface area (Å²) in [6.07, 6.45) is -0.730. The van der Waals surface area contributed by atoms with Gasteiger partial charge in [-0.15, -0.1) is 0 Å². The third-order valence-corrected chi connectivity index (χ3v) is 2.11. The van der Waals surface area contributed by atoms with Crippen LogP contribution in [0.5, 0.6) is 5.75 Å². The van der Waals surface area contributed by atoms with Crippen molar-refractivity contribution in [1.82, 2.24) is 10.3 Å². The normalized spacial score (nSPS) is 12.5. The molecule has 0 saturated carbocycles. The van der Waals surface area contributed by atoms with Crippen molar-refractivity contribution in [2.75, 3.05) is 20.3 Å². The van der Waals surface area contributed by atoms with Crippen LogP contribution in [0.1, 0.15) is 11.4 Å². The second-order valence-electron chi connectivity index (χ2n) is 3.61. The highest BCUT2D eigenvalue weighted by molar-refractivity contribution is 5.26. The number of rotatable bonds is 6. The molecule has 1 rings (SSSR count). The lowest BCUT2D eigenvalue weighted by Crippen LogP contribution is -2.29. The van der Waals surface area contributed by atoms with E-state index >= 15 is 0 Å². The number of pyridine rings is 1. The predicted molar refractivity (Wildman–Crippen MR) is 60.3 cm³/mol. The number of aromatic nitrogens is 1. The summed E-state index contributed by atoms with van der Waals surface area (Å²) < 4.78 is 5.13. The van der Waals surface area contributed by atoms with E-state index in [0.29, 0.717) is 13.1 Å². The van der Waals surface area contributed by atoms with Gasteiger partial charge in [-0.05, 0) is 6.92 Å². The molecule has 1 atom stereocenters. The number of aliphatic hydroxyl groups is 2. The minimum atomic E-state index is -0.730. The Hall–Kier alpha value is -1.17. The van der Waals surface area contributed by atoms with Crippen molar-refractivity contribution >= 4 is 0 Å². The fourth-order valence-electron chi connectivity index (χ4n) is 1.34. The van der Waals surface area contributed by atoms with Gasteiger partial charge in [0.1, 0.15) is 5.75 Å². The topological polar surface area (TPSA) is 74.6 Å². The van der Waals surface area contributed by atoms with Crippen LogP contribution in [0.4, 0.5) is 0 Å². The van der Waals surface area contributed by atoms with Crippen molar-refractivity contribution in [2.24, 2.45) is 0 Å². The molecule has 0 fully saturated rings.